The van der Waals surface area contributed by atoms with Gasteiger partial charge in [-0.05, 0) is 55.3 Å². The topological polar surface area (TPSA) is 247 Å². The Morgan fingerprint density at radius 2 is 1.09 bits per heavy atom. The van der Waals surface area contributed by atoms with Crippen molar-refractivity contribution in [2.45, 2.75) is 44.6 Å². The van der Waals surface area contributed by atoms with Gasteiger partial charge in [0.15, 0.2) is 11.6 Å². The molecule has 3 aliphatic rings. The summed E-state index contributed by atoms with van der Waals surface area (Å²) in [5.41, 5.74) is -2.70. The van der Waals surface area contributed by atoms with E-state index in [9.17, 15) is 54.9 Å². The van der Waals surface area contributed by atoms with Crippen molar-refractivity contribution in [3.8, 4) is 45.6 Å². The Bertz CT molecular complexity index is 2310. The molecule has 1 saturated heterocycles. The number of ether oxygens (including phenoxy) is 4. The van der Waals surface area contributed by atoms with Crippen LogP contribution in [0.25, 0.3) is 11.1 Å². The van der Waals surface area contributed by atoms with Gasteiger partial charge in [-0.1, -0.05) is 0 Å². The second-order valence-electron chi connectivity index (χ2n) is 13.0. The molecule has 0 radical (unpaired) electrons. The second kappa shape index (κ2) is 12.7. The number of hydrogen-bond acceptors (Lipinski definition) is 15. The first-order chi connectivity index (χ1) is 25.1. The lowest BCUT2D eigenvalue weighted by atomic mass is 9.76. The highest BCUT2D eigenvalue weighted by molar-refractivity contribution is 6.34. The van der Waals surface area contributed by atoms with Crippen molar-refractivity contribution >= 4 is 23.1 Å². The van der Waals surface area contributed by atoms with Gasteiger partial charge < -0.3 is 54.7 Å². The molecule has 0 aromatic heterocycles. The first-order valence-corrected chi connectivity index (χ1v) is 16.2. The van der Waals surface area contributed by atoms with Gasteiger partial charge in [-0.15, -0.1) is 0 Å². The Morgan fingerprint density at radius 3 is 1.66 bits per heavy atom. The van der Waals surface area contributed by atoms with Crippen molar-refractivity contribution in [3.63, 3.8) is 0 Å². The minimum Gasteiger partial charge on any atom is -0.507 e. The average Bonchev–Trinajstić information content (AvgIpc) is 3.11. The Morgan fingerprint density at radius 1 is 0.566 bits per heavy atom. The first kappa shape index (κ1) is 35.6. The number of aromatic hydroxyl groups is 3. The van der Waals surface area contributed by atoms with E-state index in [1.165, 1.54) is 44.6 Å². The van der Waals surface area contributed by atoms with Crippen LogP contribution in [0.15, 0.2) is 36.4 Å². The molecule has 2 aliphatic carbocycles. The number of carbonyl (C=O) groups is 4. The smallest absolute Gasteiger partial charge is 0.229 e. The molecular formula is C38H32O15. The predicted molar refractivity (Wildman–Crippen MR) is 180 cm³/mol. The number of phenols is 3. The molecule has 0 bridgehead atoms. The maximum absolute atomic E-state index is 14.6. The summed E-state index contributed by atoms with van der Waals surface area (Å²) in [5, 5.41) is 74.9. The molecule has 4 aromatic rings. The van der Waals surface area contributed by atoms with E-state index in [0.29, 0.717) is 11.1 Å². The molecule has 0 spiro atoms. The van der Waals surface area contributed by atoms with Crippen LogP contribution in [0, 0.1) is 13.8 Å². The van der Waals surface area contributed by atoms with Gasteiger partial charge in [-0.25, -0.2) is 0 Å². The van der Waals surface area contributed by atoms with Gasteiger partial charge in [-0.3, -0.25) is 19.2 Å². The molecule has 1 heterocycles. The van der Waals surface area contributed by atoms with E-state index in [1.54, 1.807) is 13.8 Å². The highest BCUT2D eigenvalue weighted by atomic mass is 16.7. The summed E-state index contributed by atoms with van der Waals surface area (Å²) in [4.78, 5) is 56.8. The van der Waals surface area contributed by atoms with Gasteiger partial charge in [0.1, 0.15) is 58.9 Å². The van der Waals surface area contributed by atoms with Crippen molar-refractivity contribution in [1.82, 2.24) is 0 Å². The largest absolute Gasteiger partial charge is 0.507 e. The van der Waals surface area contributed by atoms with Crippen LogP contribution in [0.3, 0.4) is 0 Å². The van der Waals surface area contributed by atoms with E-state index in [1.807, 2.05) is 0 Å². The van der Waals surface area contributed by atoms with Gasteiger partial charge in [0.2, 0.25) is 17.9 Å². The molecule has 5 unspecified atom stereocenters. The van der Waals surface area contributed by atoms with Gasteiger partial charge in [0.25, 0.3) is 0 Å². The maximum Gasteiger partial charge on any atom is 0.229 e. The van der Waals surface area contributed by atoms with Crippen molar-refractivity contribution in [2.75, 3.05) is 20.8 Å². The summed E-state index contributed by atoms with van der Waals surface area (Å²) in [6, 6.07) is 7.58. The van der Waals surface area contributed by atoms with Crippen LogP contribution in [0.5, 0.6) is 34.5 Å². The maximum atomic E-state index is 14.6. The number of aliphatic hydroxyl groups excluding tert-OH is 4. The molecular weight excluding hydrogens is 696 g/mol. The first-order valence-electron chi connectivity index (χ1n) is 16.2. The Kier molecular flexibility index (Phi) is 8.51. The van der Waals surface area contributed by atoms with Gasteiger partial charge in [0.05, 0.1) is 48.6 Å². The van der Waals surface area contributed by atoms with Crippen LogP contribution < -0.4 is 14.2 Å². The molecule has 1 fully saturated rings. The summed E-state index contributed by atoms with van der Waals surface area (Å²) >= 11 is 0. The molecule has 7 rings (SSSR count). The number of fused-ring (bicyclic) bond motifs is 4. The fourth-order valence-electron chi connectivity index (χ4n) is 7.24. The molecule has 7 N–H and O–H groups in total. The zero-order valence-electron chi connectivity index (χ0n) is 28.5. The van der Waals surface area contributed by atoms with Crippen molar-refractivity contribution in [2.24, 2.45) is 0 Å². The van der Waals surface area contributed by atoms with Crippen LogP contribution in [-0.4, -0.2) is 110 Å². The number of phenolic OH excluding ortho intramolecular Hbond substituents is 3. The predicted octanol–water partition coefficient (Wildman–Crippen LogP) is 1.83. The standard InChI is InChI=1S/C38H32O15/c1-12-5-14-23(17(40)7-12)33(45)25-16(30(14)42)9-19(50-3)27(35(25)47)26-20(51-4)10-21(52-38-37(49)36(48)32(44)22(11-39)53-38)28-29(26)31(43)15-6-13(2)8-18(41)24(15)34(28)46/h5-10,22,32,36-41,44,47-49H,11H2,1-4H3. The average molecular weight is 729 g/mol. The zero-order valence-corrected chi connectivity index (χ0v) is 28.5. The van der Waals surface area contributed by atoms with E-state index in [2.05, 4.69) is 0 Å². The van der Waals surface area contributed by atoms with Crippen LogP contribution in [-0.2, 0) is 4.74 Å². The molecule has 4 aromatic carbocycles. The fourth-order valence-corrected chi connectivity index (χ4v) is 7.24. The number of hydrogen-bond donors (Lipinski definition) is 7. The second-order valence-corrected chi connectivity index (χ2v) is 13.0. The normalized spacial score (nSPS) is 21.8. The lowest BCUT2D eigenvalue weighted by molar-refractivity contribution is -0.277. The molecule has 53 heavy (non-hydrogen) atoms. The number of carbonyl (C=O) groups excluding carboxylic acids is 4. The molecule has 5 atom stereocenters. The van der Waals surface area contributed by atoms with Crippen molar-refractivity contribution in [1.29, 1.82) is 0 Å². The number of aryl methyl sites for hydroxylation is 2. The number of rotatable bonds is 6. The molecule has 274 valence electrons. The lowest BCUT2D eigenvalue weighted by Crippen LogP contribution is -2.60. The van der Waals surface area contributed by atoms with Crippen LogP contribution in [0.2, 0.25) is 0 Å². The van der Waals surface area contributed by atoms with Crippen molar-refractivity contribution < 1.29 is 73.9 Å². The van der Waals surface area contributed by atoms with E-state index in [-0.39, 0.29) is 44.9 Å². The van der Waals surface area contributed by atoms with E-state index in [0.717, 1.165) is 6.07 Å². The van der Waals surface area contributed by atoms with Gasteiger partial charge in [0, 0.05) is 33.9 Å². The molecule has 0 saturated carbocycles. The molecule has 1 aliphatic heterocycles. The van der Waals surface area contributed by atoms with Crippen LogP contribution in [0.4, 0.5) is 0 Å². The minimum absolute atomic E-state index is 0.105. The molecule has 0 amide bonds. The zero-order chi connectivity index (χ0) is 38.4. The fraction of sp³-hybridized carbons (Fsp3) is 0.263. The number of benzene rings is 4. The van der Waals surface area contributed by atoms with Crippen molar-refractivity contribution in [3.05, 3.63) is 92.0 Å². The van der Waals surface area contributed by atoms with Crippen LogP contribution in [0.1, 0.15) is 74.8 Å². The highest BCUT2D eigenvalue weighted by Crippen LogP contribution is 2.54. The summed E-state index contributed by atoms with van der Waals surface area (Å²) in [7, 11) is 2.37. The van der Waals surface area contributed by atoms with Gasteiger partial charge in [-0.2, -0.15) is 0 Å². The number of ketones is 4. The summed E-state index contributed by atoms with van der Waals surface area (Å²) in [5.74, 6) is -6.38. The minimum atomic E-state index is -1.94. The van der Waals surface area contributed by atoms with E-state index in [4.69, 9.17) is 18.9 Å². The summed E-state index contributed by atoms with van der Waals surface area (Å²) in [6.45, 7) is 2.39. The Balaban J connectivity index is 1.53. The third-order valence-corrected chi connectivity index (χ3v) is 9.69. The molecule has 15 nitrogen and oxygen atoms in total. The number of aliphatic hydroxyl groups is 4. The third kappa shape index (κ3) is 5.15. The third-order valence-electron chi connectivity index (χ3n) is 9.69. The van der Waals surface area contributed by atoms with E-state index < -0.39 is 106 Å². The highest BCUT2D eigenvalue weighted by Gasteiger charge is 2.47. The Hall–Kier alpha value is -5.84. The quantitative estimate of drug-likeness (QED) is 0.129. The Labute approximate surface area is 299 Å². The SMILES string of the molecule is COc1cc2c(c(O)c1-c1c(OC)cc(OC3OC(CO)C(O)C(O)C3O)c3c1C(=O)c1cc(C)cc(O)c1C3=O)C(=O)c1c(O)cc(C)cc1C2=O. The number of methoxy groups -OCH3 is 2. The monoisotopic (exact) mass is 728 g/mol. The van der Waals surface area contributed by atoms with Crippen LogP contribution >= 0.6 is 0 Å². The summed E-state index contributed by atoms with van der Waals surface area (Å²) in [6.07, 6.45) is -8.82. The van der Waals surface area contributed by atoms with E-state index >= 15 is 0 Å². The van der Waals surface area contributed by atoms with Gasteiger partial charge >= 0.3 is 0 Å². The lowest BCUT2D eigenvalue weighted by Gasteiger charge is -2.40. The summed E-state index contributed by atoms with van der Waals surface area (Å²) < 4.78 is 22.7. The molecule has 15 heteroatoms.